The summed E-state index contributed by atoms with van der Waals surface area (Å²) in [5.41, 5.74) is -3.27. The first-order valence-electron chi connectivity index (χ1n) is 7.14. The summed E-state index contributed by atoms with van der Waals surface area (Å²) in [4.78, 5) is 0. The van der Waals surface area contributed by atoms with Crippen LogP contribution in [0.5, 0.6) is 0 Å². The molecule has 0 saturated carbocycles. The quantitative estimate of drug-likeness (QED) is 0.603. The van der Waals surface area contributed by atoms with Crippen LogP contribution >= 0.6 is 0 Å². The number of hydrogen-bond acceptors (Lipinski definition) is 2. The van der Waals surface area contributed by atoms with Gasteiger partial charge in [0.1, 0.15) is 0 Å². The van der Waals surface area contributed by atoms with Crippen molar-refractivity contribution in [2.45, 2.75) is 5.41 Å². The second-order valence-corrected chi connectivity index (χ2v) is 5.77. The maximum absolute atomic E-state index is 14.4. The van der Waals surface area contributed by atoms with Crippen molar-refractivity contribution in [2.75, 3.05) is 27.4 Å². The van der Waals surface area contributed by atoms with Crippen LogP contribution in [0.15, 0.2) is 12.1 Å². The first-order chi connectivity index (χ1) is 11.8. The normalized spacial score (nSPS) is 14.6. The van der Waals surface area contributed by atoms with E-state index in [1.54, 1.807) is 0 Å². The Kier molecular flexibility index (Phi) is 4.28. The zero-order valence-electron chi connectivity index (χ0n) is 13.2. The molecule has 0 amide bonds. The Bertz CT molecular complexity index is 794. The van der Waals surface area contributed by atoms with Gasteiger partial charge in [0.15, 0.2) is 34.9 Å². The van der Waals surface area contributed by atoms with Crippen molar-refractivity contribution in [3.05, 3.63) is 58.2 Å². The largest absolute Gasteiger partial charge is 0.383 e. The van der Waals surface area contributed by atoms with E-state index in [0.717, 1.165) is 0 Å². The van der Waals surface area contributed by atoms with Crippen LogP contribution in [0, 0.1) is 34.9 Å². The molecule has 25 heavy (non-hydrogen) atoms. The van der Waals surface area contributed by atoms with Gasteiger partial charge in [-0.2, -0.15) is 0 Å². The molecule has 3 rings (SSSR count). The zero-order valence-corrected chi connectivity index (χ0v) is 13.2. The van der Waals surface area contributed by atoms with Gasteiger partial charge in [0, 0.05) is 25.3 Å². The predicted molar refractivity (Wildman–Crippen MR) is 76.2 cm³/mol. The van der Waals surface area contributed by atoms with Gasteiger partial charge in [-0.1, -0.05) is 0 Å². The molecule has 0 saturated heterocycles. The molecule has 0 aliphatic heterocycles. The average molecular weight is 362 g/mol. The van der Waals surface area contributed by atoms with Crippen LogP contribution < -0.4 is 0 Å². The van der Waals surface area contributed by atoms with Crippen molar-refractivity contribution in [3.63, 3.8) is 0 Å². The van der Waals surface area contributed by atoms with Gasteiger partial charge in [-0.3, -0.25) is 0 Å². The maximum atomic E-state index is 14.4. The van der Waals surface area contributed by atoms with Crippen LogP contribution in [0.1, 0.15) is 11.1 Å². The molecule has 134 valence electrons. The highest BCUT2D eigenvalue weighted by atomic mass is 19.2. The third-order valence-corrected chi connectivity index (χ3v) is 4.39. The monoisotopic (exact) mass is 362 g/mol. The Hall–Kier alpha value is -2.06. The molecule has 0 bridgehead atoms. The second-order valence-electron chi connectivity index (χ2n) is 5.77. The molecule has 1 aliphatic rings. The maximum Gasteiger partial charge on any atom is 0.195 e. The summed E-state index contributed by atoms with van der Waals surface area (Å²) in [5.74, 6) is -10.1. The molecule has 0 aromatic heterocycles. The molecule has 0 unspecified atom stereocenters. The summed E-state index contributed by atoms with van der Waals surface area (Å²) in [6.45, 7) is -0.564. The Labute approximate surface area is 139 Å². The summed E-state index contributed by atoms with van der Waals surface area (Å²) in [5, 5.41) is 0. The van der Waals surface area contributed by atoms with Crippen molar-refractivity contribution in [1.82, 2.24) is 0 Å². The minimum absolute atomic E-state index is 0.202. The zero-order chi connectivity index (χ0) is 18.5. The van der Waals surface area contributed by atoms with Crippen LogP contribution in [0.25, 0.3) is 11.1 Å². The van der Waals surface area contributed by atoms with E-state index in [0.29, 0.717) is 12.1 Å². The second kappa shape index (κ2) is 6.03. The van der Waals surface area contributed by atoms with Gasteiger partial charge < -0.3 is 9.47 Å². The third-order valence-electron chi connectivity index (χ3n) is 4.39. The van der Waals surface area contributed by atoms with E-state index >= 15 is 0 Å². The van der Waals surface area contributed by atoms with Gasteiger partial charge in [-0.15, -0.1) is 0 Å². The number of halogens is 6. The lowest BCUT2D eigenvalue weighted by atomic mass is 9.79. The first-order valence-corrected chi connectivity index (χ1v) is 7.14. The fourth-order valence-electron chi connectivity index (χ4n) is 3.42. The lowest BCUT2D eigenvalue weighted by Gasteiger charge is -2.30. The Morgan fingerprint density at radius 3 is 1.36 bits per heavy atom. The molecule has 0 heterocycles. The molecule has 0 radical (unpaired) electrons. The molecule has 8 heteroatoms. The van der Waals surface area contributed by atoms with Gasteiger partial charge >= 0.3 is 0 Å². The molecular weight excluding hydrogens is 350 g/mol. The summed E-state index contributed by atoms with van der Waals surface area (Å²) in [6, 6.07) is 1.34. The van der Waals surface area contributed by atoms with Crippen molar-refractivity contribution >= 4 is 0 Å². The van der Waals surface area contributed by atoms with E-state index in [9.17, 15) is 26.3 Å². The number of ether oxygens (including phenoxy) is 2. The molecule has 0 atom stereocenters. The van der Waals surface area contributed by atoms with Crippen LogP contribution in [0.4, 0.5) is 26.3 Å². The topological polar surface area (TPSA) is 18.5 Å². The molecule has 0 spiro atoms. The lowest BCUT2D eigenvalue weighted by Crippen LogP contribution is -2.36. The standard InChI is InChI=1S/C17H12F6O2/c1-24-5-17(6-25-2)7-3-9(18)13(20)15(22)11(7)12-8(17)4-10(19)14(21)16(12)23/h3-4H,5-6H2,1-2H3. The molecule has 0 N–H and O–H groups in total. The summed E-state index contributed by atoms with van der Waals surface area (Å²) in [6.07, 6.45) is 0. The molecule has 0 fully saturated rings. The van der Waals surface area contributed by atoms with E-state index < -0.39 is 51.4 Å². The van der Waals surface area contributed by atoms with Crippen LogP contribution in [-0.2, 0) is 14.9 Å². The minimum atomic E-state index is -1.83. The molecule has 2 aromatic carbocycles. The summed E-state index contributed by atoms with van der Waals surface area (Å²) in [7, 11) is 2.53. The van der Waals surface area contributed by atoms with E-state index in [1.807, 2.05) is 0 Å². The molecule has 2 aromatic rings. The highest BCUT2D eigenvalue weighted by Crippen LogP contribution is 2.52. The summed E-state index contributed by atoms with van der Waals surface area (Å²) < 4.78 is 93.9. The Morgan fingerprint density at radius 2 is 1.04 bits per heavy atom. The van der Waals surface area contributed by atoms with E-state index in [1.165, 1.54) is 14.2 Å². The van der Waals surface area contributed by atoms with E-state index in [-0.39, 0.29) is 24.3 Å². The van der Waals surface area contributed by atoms with Crippen molar-refractivity contribution in [1.29, 1.82) is 0 Å². The number of fused-ring (bicyclic) bond motifs is 3. The third kappa shape index (κ3) is 2.27. The van der Waals surface area contributed by atoms with Crippen LogP contribution in [-0.4, -0.2) is 27.4 Å². The highest BCUT2D eigenvalue weighted by Gasteiger charge is 2.48. The predicted octanol–water partition coefficient (Wildman–Crippen LogP) is 4.08. The Balaban J connectivity index is 2.51. The van der Waals surface area contributed by atoms with Crippen molar-refractivity contribution in [3.8, 4) is 11.1 Å². The van der Waals surface area contributed by atoms with Crippen molar-refractivity contribution in [2.24, 2.45) is 0 Å². The molecule has 2 nitrogen and oxygen atoms in total. The number of hydrogen-bond donors (Lipinski definition) is 0. The van der Waals surface area contributed by atoms with E-state index in [2.05, 4.69) is 0 Å². The van der Waals surface area contributed by atoms with Crippen LogP contribution in [0.3, 0.4) is 0 Å². The van der Waals surface area contributed by atoms with Crippen molar-refractivity contribution < 1.29 is 35.8 Å². The fourth-order valence-corrected chi connectivity index (χ4v) is 3.42. The SMILES string of the molecule is COCC1(COC)c2cc(F)c(F)c(F)c2-c2c1cc(F)c(F)c2F. The first kappa shape index (κ1) is 17.8. The number of methoxy groups -OCH3 is 2. The van der Waals surface area contributed by atoms with Gasteiger partial charge in [0.05, 0.1) is 18.6 Å². The number of benzene rings is 2. The van der Waals surface area contributed by atoms with Crippen LogP contribution in [0.2, 0.25) is 0 Å². The smallest absolute Gasteiger partial charge is 0.195 e. The summed E-state index contributed by atoms with van der Waals surface area (Å²) >= 11 is 0. The molecular formula is C17H12F6O2. The van der Waals surface area contributed by atoms with E-state index in [4.69, 9.17) is 9.47 Å². The highest BCUT2D eigenvalue weighted by molar-refractivity contribution is 5.82. The lowest BCUT2D eigenvalue weighted by molar-refractivity contribution is 0.0809. The van der Waals surface area contributed by atoms with Gasteiger partial charge in [0.2, 0.25) is 0 Å². The van der Waals surface area contributed by atoms with Gasteiger partial charge in [-0.25, -0.2) is 26.3 Å². The van der Waals surface area contributed by atoms with Gasteiger partial charge in [-0.05, 0) is 23.3 Å². The average Bonchev–Trinajstić information content (AvgIpc) is 2.82. The Morgan fingerprint density at radius 1 is 0.680 bits per heavy atom. The molecule has 1 aliphatic carbocycles. The fraction of sp³-hybridized carbons (Fsp3) is 0.294. The van der Waals surface area contributed by atoms with Gasteiger partial charge in [0.25, 0.3) is 0 Å². The number of rotatable bonds is 4. The minimum Gasteiger partial charge on any atom is -0.383 e.